The molecular weight excluding hydrogens is 278 g/mol. The van der Waals surface area contributed by atoms with Crippen molar-refractivity contribution in [3.8, 4) is 11.3 Å². The van der Waals surface area contributed by atoms with E-state index in [4.69, 9.17) is 5.11 Å². The fourth-order valence-electron chi connectivity index (χ4n) is 2.55. The molecule has 0 bridgehead atoms. The molecule has 0 radical (unpaired) electrons. The number of fused-ring (bicyclic) bond motifs is 2. The lowest BCUT2D eigenvalue weighted by Crippen LogP contribution is -2.05. The Morgan fingerprint density at radius 1 is 1.00 bits per heavy atom. The Labute approximate surface area is 125 Å². The minimum absolute atomic E-state index is 0.567. The largest absolute Gasteiger partial charge is 0.464 e. The van der Waals surface area contributed by atoms with Gasteiger partial charge in [0.1, 0.15) is 6.33 Å². The molecule has 0 amide bonds. The summed E-state index contributed by atoms with van der Waals surface area (Å²) in [5.41, 5.74) is 3.88. The van der Waals surface area contributed by atoms with Crippen molar-refractivity contribution in [1.82, 2.24) is 14.5 Å². The van der Waals surface area contributed by atoms with E-state index in [9.17, 15) is 4.79 Å². The van der Waals surface area contributed by atoms with Crippen molar-refractivity contribution in [2.75, 3.05) is 0 Å². The van der Waals surface area contributed by atoms with Crippen LogP contribution in [0, 0.1) is 0 Å². The van der Waals surface area contributed by atoms with E-state index in [1.165, 1.54) is 6.33 Å². The highest BCUT2D eigenvalue weighted by molar-refractivity contribution is 5.89. The van der Waals surface area contributed by atoms with Crippen LogP contribution in [0.3, 0.4) is 0 Å². The van der Waals surface area contributed by atoms with E-state index in [0.717, 1.165) is 26.7 Å². The summed E-state index contributed by atoms with van der Waals surface area (Å²) in [7, 11) is 0. The summed E-state index contributed by atoms with van der Waals surface area (Å²) in [6.45, 7) is 0. The summed E-state index contributed by atoms with van der Waals surface area (Å²) >= 11 is 0. The summed E-state index contributed by atoms with van der Waals surface area (Å²) in [5.74, 6) is 0. The molecule has 0 aliphatic heterocycles. The zero-order chi connectivity index (χ0) is 15.1. The second kappa shape index (κ2) is 4.66. The molecule has 0 aliphatic rings. The molecule has 4 rings (SSSR count). The Morgan fingerprint density at radius 3 is 2.73 bits per heavy atom. The maximum absolute atomic E-state index is 11.1. The molecular formula is C17H11N3O2. The monoisotopic (exact) mass is 289 g/mol. The quantitative estimate of drug-likeness (QED) is 0.579. The SMILES string of the molecule is O=C(O)n1cnc2cc(-c3ccc4ccccc4n3)ccc21. The predicted octanol–water partition coefficient (Wildman–Crippen LogP) is 3.78. The number of benzene rings is 2. The first kappa shape index (κ1) is 12.5. The van der Waals surface area contributed by atoms with E-state index in [1.54, 1.807) is 6.07 Å². The molecule has 5 nitrogen and oxygen atoms in total. The van der Waals surface area contributed by atoms with Gasteiger partial charge >= 0.3 is 6.09 Å². The summed E-state index contributed by atoms with van der Waals surface area (Å²) in [6.07, 6.45) is 0.268. The topological polar surface area (TPSA) is 68.0 Å². The van der Waals surface area contributed by atoms with Crippen molar-refractivity contribution in [1.29, 1.82) is 0 Å². The zero-order valence-electron chi connectivity index (χ0n) is 11.5. The molecule has 5 heteroatoms. The molecule has 0 saturated carbocycles. The van der Waals surface area contributed by atoms with Gasteiger partial charge in [0.05, 0.1) is 22.2 Å². The van der Waals surface area contributed by atoms with Crippen molar-refractivity contribution in [3.05, 3.63) is 60.9 Å². The van der Waals surface area contributed by atoms with Crippen LogP contribution in [0.15, 0.2) is 60.9 Å². The first-order valence-electron chi connectivity index (χ1n) is 6.79. The number of para-hydroxylation sites is 1. The van der Waals surface area contributed by atoms with Crippen LogP contribution in [0.2, 0.25) is 0 Å². The standard InChI is InChI=1S/C17H11N3O2/c21-17(22)20-10-18-15-9-12(6-8-16(15)20)14-7-5-11-3-1-2-4-13(11)19-14/h1-10H,(H,21,22). The van der Waals surface area contributed by atoms with Crippen molar-refractivity contribution in [3.63, 3.8) is 0 Å². The minimum Gasteiger partial charge on any atom is -0.464 e. The molecule has 106 valence electrons. The fraction of sp³-hybridized carbons (Fsp3) is 0. The maximum Gasteiger partial charge on any atom is 0.417 e. The van der Waals surface area contributed by atoms with Crippen LogP contribution in [0.5, 0.6) is 0 Å². The smallest absolute Gasteiger partial charge is 0.417 e. The highest BCUT2D eigenvalue weighted by Gasteiger charge is 2.10. The molecule has 1 N–H and O–H groups in total. The Bertz CT molecular complexity index is 1020. The summed E-state index contributed by atoms with van der Waals surface area (Å²) in [5, 5.41) is 10.2. The van der Waals surface area contributed by atoms with Gasteiger partial charge < -0.3 is 5.11 Å². The van der Waals surface area contributed by atoms with Gasteiger partial charge in [-0.15, -0.1) is 0 Å². The number of nitrogens with zero attached hydrogens (tertiary/aromatic N) is 3. The third-order valence-electron chi connectivity index (χ3n) is 3.65. The Kier molecular flexibility index (Phi) is 2.66. The Hall–Kier alpha value is -3.21. The van der Waals surface area contributed by atoms with Crippen LogP contribution < -0.4 is 0 Å². The van der Waals surface area contributed by atoms with Gasteiger partial charge in [0.2, 0.25) is 0 Å². The molecule has 2 aromatic carbocycles. The van der Waals surface area contributed by atoms with Gasteiger partial charge in [-0.25, -0.2) is 19.3 Å². The molecule has 0 fully saturated rings. The van der Waals surface area contributed by atoms with E-state index in [0.29, 0.717) is 11.0 Å². The number of rotatable bonds is 1. The third kappa shape index (κ3) is 1.91. The molecule has 0 unspecified atom stereocenters. The van der Waals surface area contributed by atoms with Crippen LogP contribution in [0.1, 0.15) is 0 Å². The second-order valence-electron chi connectivity index (χ2n) is 4.99. The molecule has 0 spiro atoms. The Morgan fingerprint density at radius 2 is 1.86 bits per heavy atom. The number of carbonyl (C=O) groups is 1. The number of carboxylic acid groups (broad SMARTS) is 1. The predicted molar refractivity (Wildman–Crippen MR) is 83.9 cm³/mol. The molecule has 0 saturated heterocycles. The van der Waals surface area contributed by atoms with Gasteiger partial charge in [0.25, 0.3) is 0 Å². The fourth-order valence-corrected chi connectivity index (χ4v) is 2.55. The van der Waals surface area contributed by atoms with Crippen LogP contribution >= 0.6 is 0 Å². The number of pyridine rings is 1. The normalized spacial score (nSPS) is 11.1. The lowest BCUT2D eigenvalue weighted by Gasteiger charge is -2.04. The molecule has 2 heterocycles. The molecule has 22 heavy (non-hydrogen) atoms. The van der Waals surface area contributed by atoms with Crippen LogP contribution in [0.4, 0.5) is 4.79 Å². The minimum atomic E-state index is -1.04. The van der Waals surface area contributed by atoms with E-state index >= 15 is 0 Å². The van der Waals surface area contributed by atoms with Crippen molar-refractivity contribution in [2.24, 2.45) is 0 Å². The third-order valence-corrected chi connectivity index (χ3v) is 3.65. The first-order valence-corrected chi connectivity index (χ1v) is 6.79. The molecule has 0 atom stereocenters. The summed E-state index contributed by atoms with van der Waals surface area (Å²) in [6, 6.07) is 17.4. The number of hydrogen-bond acceptors (Lipinski definition) is 3. The van der Waals surface area contributed by atoms with Crippen molar-refractivity contribution < 1.29 is 9.90 Å². The number of aromatic nitrogens is 3. The molecule has 2 aromatic heterocycles. The van der Waals surface area contributed by atoms with Crippen molar-refractivity contribution >= 4 is 28.0 Å². The average molecular weight is 289 g/mol. The van der Waals surface area contributed by atoms with E-state index < -0.39 is 6.09 Å². The number of hydrogen-bond donors (Lipinski definition) is 1. The highest BCUT2D eigenvalue weighted by Crippen LogP contribution is 2.24. The highest BCUT2D eigenvalue weighted by atomic mass is 16.4. The van der Waals surface area contributed by atoms with Gasteiger partial charge in [-0.05, 0) is 24.3 Å². The molecule has 4 aromatic rings. The van der Waals surface area contributed by atoms with E-state index in [2.05, 4.69) is 9.97 Å². The van der Waals surface area contributed by atoms with Crippen molar-refractivity contribution in [2.45, 2.75) is 0 Å². The van der Waals surface area contributed by atoms with E-state index in [-0.39, 0.29) is 0 Å². The van der Waals surface area contributed by atoms with Gasteiger partial charge in [-0.2, -0.15) is 0 Å². The van der Waals surface area contributed by atoms with Gasteiger partial charge in [-0.3, -0.25) is 0 Å². The van der Waals surface area contributed by atoms with E-state index in [1.807, 2.05) is 48.5 Å². The lowest BCUT2D eigenvalue weighted by atomic mass is 10.1. The summed E-state index contributed by atoms with van der Waals surface area (Å²) < 4.78 is 1.10. The Balaban J connectivity index is 1.87. The van der Waals surface area contributed by atoms with Crippen LogP contribution in [0.25, 0.3) is 33.2 Å². The first-order chi connectivity index (χ1) is 10.7. The lowest BCUT2D eigenvalue weighted by molar-refractivity contribution is 0.197. The maximum atomic E-state index is 11.1. The zero-order valence-corrected chi connectivity index (χ0v) is 11.5. The summed E-state index contributed by atoms with van der Waals surface area (Å²) in [4.78, 5) is 19.9. The van der Waals surface area contributed by atoms with Gasteiger partial charge in [0, 0.05) is 10.9 Å². The van der Waals surface area contributed by atoms with Crippen LogP contribution in [-0.4, -0.2) is 25.7 Å². The van der Waals surface area contributed by atoms with Crippen LogP contribution in [-0.2, 0) is 0 Å². The molecule has 0 aliphatic carbocycles. The second-order valence-corrected chi connectivity index (χ2v) is 4.99. The van der Waals surface area contributed by atoms with Gasteiger partial charge in [0.15, 0.2) is 0 Å². The number of imidazole rings is 1. The average Bonchev–Trinajstić information content (AvgIpc) is 2.97. The van der Waals surface area contributed by atoms with Gasteiger partial charge in [-0.1, -0.05) is 30.3 Å².